The fourth-order valence-corrected chi connectivity index (χ4v) is 4.03. The molecule has 0 radical (unpaired) electrons. The molecule has 21 heavy (non-hydrogen) atoms. The zero-order chi connectivity index (χ0) is 14.7. The maximum Gasteiger partial charge on any atom is 0.0672 e. The molecule has 2 bridgehead atoms. The van der Waals surface area contributed by atoms with Crippen molar-refractivity contribution in [2.75, 3.05) is 19.8 Å². The number of hydrogen-bond donors (Lipinski definition) is 1. The molecule has 0 aliphatic heterocycles. The number of hydrogen-bond acceptors (Lipinski definition) is 2. The summed E-state index contributed by atoms with van der Waals surface area (Å²) in [6.07, 6.45) is 5.25. The normalized spacial score (nSPS) is 27.2. The predicted octanol–water partition coefficient (Wildman–Crippen LogP) is 3.36. The topological polar surface area (TPSA) is 21.3 Å². The number of rotatable bonds is 6. The molecule has 0 spiro atoms. The monoisotopic (exact) mass is 285 g/mol. The van der Waals surface area contributed by atoms with Crippen LogP contribution in [0.5, 0.6) is 0 Å². The van der Waals surface area contributed by atoms with E-state index in [1.165, 1.54) is 25.7 Å². The molecule has 2 unspecified atom stereocenters. The molecule has 0 amide bonds. The third-order valence-corrected chi connectivity index (χ3v) is 4.98. The predicted molar refractivity (Wildman–Crippen MR) is 87.5 cm³/mol. The number of nitrogens with one attached hydrogen (secondary N) is 1. The van der Waals surface area contributed by atoms with Crippen molar-refractivity contribution >= 4 is 0 Å². The summed E-state index contributed by atoms with van der Waals surface area (Å²) < 4.78 is 5.61. The van der Waals surface area contributed by atoms with Crippen molar-refractivity contribution in [3.63, 3.8) is 0 Å². The Morgan fingerprint density at radius 2 is 1.81 bits per heavy atom. The van der Waals surface area contributed by atoms with Crippen LogP contribution in [0.3, 0.4) is 0 Å². The molecule has 1 N–H and O–H groups in total. The lowest BCUT2D eigenvalue weighted by atomic mass is 9.94. The molecule has 0 saturated heterocycles. The highest BCUT2D eigenvalue weighted by molar-refractivity contribution is 5.30. The van der Waals surface area contributed by atoms with Gasteiger partial charge in [-0.3, -0.25) is 0 Å². The Kier molecular flexibility index (Phi) is 4.77. The Morgan fingerprint density at radius 3 is 2.38 bits per heavy atom. The molecular weight excluding hydrogens is 258 g/mol. The van der Waals surface area contributed by atoms with Gasteiger partial charge in [-0.2, -0.15) is 0 Å². The largest absolute Gasteiger partial charge is 0.376 e. The molecule has 1 fully saturated rings. The summed E-state index contributed by atoms with van der Waals surface area (Å²) in [5, 5.41) is 3.78. The average molecular weight is 285 g/mol. The summed E-state index contributed by atoms with van der Waals surface area (Å²) in [6, 6.07) is 9.69. The van der Waals surface area contributed by atoms with E-state index in [2.05, 4.69) is 36.2 Å². The molecule has 0 aromatic heterocycles. The molecular formula is C19H27NO. The number of ether oxygens (including phenoxy) is 1. The molecule has 2 atom stereocenters. The minimum absolute atomic E-state index is 0.672. The van der Waals surface area contributed by atoms with Crippen LogP contribution in [0.15, 0.2) is 36.4 Å². The van der Waals surface area contributed by atoms with Gasteiger partial charge in [0.05, 0.1) is 13.2 Å². The second kappa shape index (κ2) is 6.76. The fraction of sp³-hybridized carbons (Fsp3) is 0.579. The minimum Gasteiger partial charge on any atom is -0.376 e. The van der Waals surface area contributed by atoms with Crippen LogP contribution >= 0.6 is 0 Å². The average Bonchev–Trinajstić information content (AvgIpc) is 2.73. The van der Waals surface area contributed by atoms with Gasteiger partial charge in [0, 0.05) is 12.6 Å². The maximum absolute atomic E-state index is 5.61. The van der Waals surface area contributed by atoms with Gasteiger partial charge in [-0.25, -0.2) is 0 Å². The van der Waals surface area contributed by atoms with Gasteiger partial charge in [-0.05, 0) is 55.6 Å². The van der Waals surface area contributed by atoms with Gasteiger partial charge >= 0.3 is 0 Å². The number of fused-ring (bicyclic) bond motifs is 3. The van der Waals surface area contributed by atoms with Gasteiger partial charge in [-0.15, -0.1) is 0 Å². The zero-order valence-electron chi connectivity index (χ0n) is 13.1. The molecule has 0 heterocycles. The van der Waals surface area contributed by atoms with Crippen molar-refractivity contribution in [3.05, 3.63) is 47.5 Å². The van der Waals surface area contributed by atoms with Crippen LogP contribution in [0.2, 0.25) is 0 Å². The van der Waals surface area contributed by atoms with Crippen LogP contribution in [0.25, 0.3) is 0 Å². The summed E-state index contributed by atoms with van der Waals surface area (Å²) in [7, 11) is 0. The lowest BCUT2D eigenvalue weighted by molar-refractivity contribution is 0.151. The molecule has 2 nitrogen and oxygen atoms in total. The van der Waals surface area contributed by atoms with Gasteiger partial charge in [0.1, 0.15) is 0 Å². The van der Waals surface area contributed by atoms with E-state index < -0.39 is 0 Å². The third-order valence-electron chi connectivity index (χ3n) is 4.98. The molecule has 3 rings (SSSR count). The van der Waals surface area contributed by atoms with Crippen molar-refractivity contribution in [1.29, 1.82) is 0 Å². The Morgan fingerprint density at radius 1 is 1.19 bits per heavy atom. The Balaban J connectivity index is 1.55. The van der Waals surface area contributed by atoms with Gasteiger partial charge in [0.25, 0.3) is 0 Å². The van der Waals surface area contributed by atoms with Gasteiger partial charge in [0.2, 0.25) is 0 Å². The first-order valence-corrected chi connectivity index (χ1v) is 8.26. The smallest absolute Gasteiger partial charge is 0.0672 e. The van der Waals surface area contributed by atoms with E-state index in [-0.39, 0.29) is 0 Å². The van der Waals surface area contributed by atoms with Gasteiger partial charge in [-0.1, -0.05) is 36.4 Å². The first-order chi connectivity index (χ1) is 10.2. The quantitative estimate of drug-likeness (QED) is 0.639. The summed E-state index contributed by atoms with van der Waals surface area (Å²) in [4.78, 5) is 0. The molecule has 2 aliphatic carbocycles. The second-order valence-corrected chi connectivity index (χ2v) is 6.76. The fourth-order valence-electron chi connectivity index (χ4n) is 4.03. The highest BCUT2D eigenvalue weighted by Gasteiger charge is 2.38. The van der Waals surface area contributed by atoms with E-state index in [0.717, 1.165) is 30.6 Å². The molecule has 2 aliphatic rings. The first kappa shape index (κ1) is 14.8. The van der Waals surface area contributed by atoms with Gasteiger partial charge in [0.15, 0.2) is 0 Å². The lowest BCUT2D eigenvalue weighted by Crippen LogP contribution is -2.39. The Labute approximate surface area is 128 Å². The highest BCUT2D eigenvalue weighted by Crippen LogP contribution is 2.39. The Bertz CT molecular complexity index is 463. The molecule has 1 aromatic rings. The van der Waals surface area contributed by atoms with Crippen molar-refractivity contribution in [3.8, 4) is 0 Å². The van der Waals surface area contributed by atoms with Crippen molar-refractivity contribution in [2.24, 2.45) is 11.8 Å². The summed E-state index contributed by atoms with van der Waals surface area (Å²) in [5.74, 6) is 1.61. The molecule has 1 aromatic carbocycles. The molecule has 1 saturated carbocycles. The first-order valence-electron chi connectivity index (χ1n) is 8.26. The van der Waals surface area contributed by atoms with Crippen LogP contribution in [-0.4, -0.2) is 25.8 Å². The standard InChI is InChI=1S/C19H27NO/c1-14(2)13-21-10-9-20-19-17-7-8-18(19)12-16-6-4-3-5-15(16)11-17/h3-6,17-20H,1,7-13H2,2H3. The van der Waals surface area contributed by atoms with E-state index in [4.69, 9.17) is 4.74 Å². The van der Waals surface area contributed by atoms with E-state index in [1.807, 2.05) is 6.92 Å². The minimum atomic E-state index is 0.672. The summed E-state index contributed by atoms with van der Waals surface area (Å²) in [5.41, 5.74) is 4.25. The summed E-state index contributed by atoms with van der Waals surface area (Å²) in [6.45, 7) is 8.31. The van der Waals surface area contributed by atoms with E-state index in [1.54, 1.807) is 11.1 Å². The maximum atomic E-state index is 5.61. The zero-order valence-corrected chi connectivity index (χ0v) is 13.1. The van der Waals surface area contributed by atoms with Crippen LogP contribution in [0.4, 0.5) is 0 Å². The third kappa shape index (κ3) is 3.56. The van der Waals surface area contributed by atoms with E-state index in [0.29, 0.717) is 12.6 Å². The second-order valence-electron chi connectivity index (χ2n) is 6.76. The van der Waals surface area contributed by atoms with Crippen LogP contribution in [0, 0.1) is 11.8 Å². The SMILES string of the molecule is C=C(C)COCCNC1C2CCC1Cc1ccccc1C2. The van der Waals surface area contributed by atoms with Crippen LogP contribution < -0.4 is 5.32 Å². The van der Waals surface area contributed by atoms with E-state index >= 15 is 0 Å². The number of benzene rings is 1. The van der Waals surface area contributed by atoms with Gasteiger partial charge < -0.3 is 10.1 Å². The Hall–Kier alpha value is -1.12. The van der Waals surface area contributed by atoms with Crippen molar-refractivity contribution in [1.82, 2.24) is 5.32 Å². The van der Waals surface area contributed by atoms with Crippen LogP contribution in [0.1, 0.15) is 30.9 Å². The highest BCUT2D eigenvalue weighted by atomic mass is 16.5. The molecule has 114 valence electrons. The van der Waals surface area contributed by atoms with Crippen molar-refractivity contribution < 1.29 is 4.74 Å². The summed E-state index contributed by atoms with van der Waals surface area (Å²) >= 11 is 0. The lowest BCUT2D eigenvalue weighted by Gasteiger charge is -2.23. The van der Waals surface area contributed by atoms with Crippen molar-refractivity contribution in [2.45, 2.75) is 38.6 Å². The molecule has 2 heteroatoms. The van der Waals surface area contributed by atoms with E-state index in [9.17, 15) is 0 Å². The van der Waals surface area contributed by atoms with Crippen LogP contribution in [-0.2, 0) is 17.6 Å².